The molecule has 0 unspecified atom stereocenters. The highest BCUT2D eigenvalue weighted by Gasteiger charge is 2.08. The van der Waals surface area contributed by atoms with E-state index < -0.39 is 0 Å². The van der Waals surface area contributed by atoms with E-state index in [9.17, 15) is 4.79 Å². The number of hydrogen-bond donors (Lipinski definition) is 1. The number of aryl methyl sites for hydroxylation is 2. The lowest BCUT2D eigenvalue weighted by atomic mass is 10.1. The average Bonchev–Trinajstić information content (AvgIpc) is 2.64. The highest BCUT2D eigenvalue weighted by atomic mass is 32.2. The van der Waals surface area contributed by atoms with Gasteiger partial charge < -0.3 is 5.32 Å². The summed E-state index contributed by atoms with van der Waals surface area (Å²) in [7, 11) is 0. The molecule has 3 heteroatoms. The molecule has 0 saturated carbocycles. The van der Waals surface area contributed by atoms with Crippen molar-refractivity contribution >= 4 is 23.4 Å². The maximum atomic E-state index is 12.3. The molecule has 1 amide bonds. The van der Waals surface area contributed by atoms with E-state index in [1.807, 2.05) is 42.5 Å². The van der Waals surface area contributed by atoms with Crippen molar-refractivity contribution in [2.45, 2.75) is 29.6 Å². The van der Waals surface area contributed by atoms with E-state index in [4.69, 9.17) is 0 Å². The van der Waals surface area contributed by atoms with Crippen molar-refractivity contribution in [1.29, 1.82) is 0 Å². The van der Waals surface area contributed by atoms with Crippen LogP contribution in [0.2, 0.25) is 0 Å². The predicted molar refractivity (Wildman–Crippen MR) is 105 cm³/mol. The summed E-state index contributed by atoms with van der Waals surface area (Å²) < 4.78 is 0. The molecular weight excluding hydrogens is 326 g/mol. The van der Waals surface area contributed by atoms with Crippen molar-refractivity contribution in [1.82, 2.24) is 0 Å². The van der Waals surface area contributed by atoms with E-state index in [0.29, 0.717) is 6.42 Å². The van der Waals surface area contributed by atoms with Crippen LogP contribution in [0.3, 0.4) is 0 Å². The Morgan fingerprint density at radius 3 is 2.32 bits per heavy atom. The predicted octanol–water partition coefficient (Wildman–Crippen LogP) is 5.72. The minimum absolute atomic E-state index is 0.0432. The van der Waals surface area contributed by atoms with Gasteiger partial charge in [-0.05, 0) is 43.2 Å². The van der Waals surface area contributed by atoms with Crippen LogP contribution in [0.25, 0.3) is 0 Å². The number of rotatable bonds is 6. The quantitative estimate of drug-likeness (QED) is 0.618. The molecule has 3 rings (SSSR count). The van der Waals surface area contributed by atoms with E-state index in [-0.39, 0.29) is 5.91 Å². The number of carbonyl (C=O) groups is 1. The third-order valence-electron chi connectivity index (χ3n) is 3.89. The van der Waals surface area contributed by atoms with Crippen LogP contribution in [0, 0.1) is 6.92 Å². The lowest BCUT2D eigenvalue weighted by molar-refractivity contribution is -0.116. The van der Waals surface area contributed by atoms with Crippen LogP contribution in [0.15, 0.2) is 88.7 Å². The first-order valence-electron chi connectivity index (χ1n) is 8.38. The van der Waals surface area contributed by atoms with Gasteiger partial charge in [0, 0.05) is 16.2 Å². The van der Waals surface area contributed by atoms with Gasteiger partial charge in [0.25, 0.3) is 0 Å². The molecule has 3 aromatic carbocycles. The molecule has 0 bridgehead atoms. The van der Waals surface area contributed by atoms with Crippen molar-refractivity contribution < 1.29 is 4.79 Å². The number of benzene rings is 3. The highest BCUT2D eigenvalue weighted by Crippen LogP contribution is 2.33. The lowest BCUT2D eigenvalue weighted by Gasteiger charge is -2.11. The van der Waals surface area contributed by atoms with Gasteiger partial charge in [-0.25, -0.2) is 0 Å². The molecule has 0 atom stereocenters. The maximum Gasteiger partial charge on any atom is 0.224 e. The van der Waals surface area contributed by atoms with Gasteiger partial charge in [-0.2, -0.15) is 0 Å². The number of para-hydroxylation sites is 1. The smallest absolute Gasteiger partial charge is 0.224 e. The molecular formula is C22H21NOS. The Hall–Kier alpha value is -2.52. The number of nitrogens with one attached hydrogen (secondary N) is 1. The minimum atomic E-state index is 0.0432. The van der Waals surface area contributed by atoms with E-state index in [1.54, 1.807) is 11.8 Å². The van der Waals surface area contributed by atoms with Crippen molar-refractivity contribution in [3.05, 3.63) is 90.0 Å². The first kappa shape index (κ1) is 17.3. The van der Waals surface area contributed by atoms with Gasteiger partial charge in [-0.1, -0.05) is 71.9 Å². The standard InChI is InChI=1S/C22H21NOS/c1-17-11-13-18(14-12-17)15-16-22(24)23-20-9-5-6-10-21(20)25-19-7-3-2-4-8-19/h2-14H,15-16H2,1H3,(H,23,24). The lowest BCUT2D eigenvalue weighted by Crippen LogP contribution is -2.12. The van der Waals surface area contributed by atoms with Crippen LogP contribution in [-0.2, 0) is 11.2 Å². The summed E-state index contributed by atoms with van der Waals surface area (Å²) in [6.07, 6.45) is 1.23. The molecule has 0 aliphatic rings. The first-order valence-corrected chi connectivity index (χ1v) is 9.20. The number of hydrogen-bond acceptors (Lipinski definition) is 2. The average molecular weight is 347 g/mol. The SMILES string of the molecule is Cc1ccc(CCC(=O)Nc2ccccc2Sc2ccccc2)cc1. The van der Waals surface area contributed by atoms with Crippen molar-refractivity contribution in [2.75, 3.05) is 5.32 Å². The van der Waals surface area contributed by atoms with E-state index in [0.717, 1.165) is 21.9 Å². The van der Waals surface area contributed by atoms with Crippen LogP contribution in [-0.4, -0.2) is 5.91 Å². The van der Waals surface area contributed by atoms with Crippen molar-refractivity contribution in [3.63, 3.8) is 0 Å². The fourth-order valence-corrected chi connectivity index (χ4v) is 3.42. The summed E-state index contributed by atoms with van der Waals surface area (Å²) in [5.74, 6) is 0.0432. The Labute approximate surface area is 153 Å². The summed E-state index contributed by atoms with van der Waals surface area (Å²) in [6, 6.07) is 26.4. The van der Waals surface area contributed by atoms with Crippen LogP contribution in [0.4, 0.5) is 5.69 Å². The summed E-state index contributed by atoms with van der Waals surface area (Å²) in [6.45, 7) is 2.07. The molecule has 0 spiro atoms. The van der Waals surface area contributed by atoms with Crippen LogP contribution in [0.1, 0.15) is 17.5 Å². The Morgan fingerprint density at radius 1 is 0.880 bits per heavy atom. The molecule has 2 nitrogen and oxygen atoms in total. The number of anilines is 1. The van der Waals surface area contributed by atoms with Gasteiger partial charge in [0.2, 0.25) is 5.91 Å². The number of carbonyl (C=O) groups excluding carboxylic acids is 1. The molecule has 0 aliphatic heterocycles. The molecule has 0 aliphatic carbocycles. The normalized spacial score (nSPS) is 10.4. The summed E-state index contributed by atoms with van der Waals surface area (Å²) in [4.78, 5) is 14.5. The molecule has 25 heavy (non-hydrogen) atoms. The topological polar surface area (TPSA) is 29.1 Å². The van der Waals surface area contributed by atoms with E-state index in [1.165, 1.54) is 11.1 Å². The highest BCUT2D eigenvalue weighted by molar-refractivity contribution is 7.99. The Bertz CT molecular complexity index is 828. The second-order valence-electron chi connectivity index (χ2n) is 5.95. The molecule has 0 heterocycles. The first-order chi connectivity index (χ1) is 12.2. The van der Waals surface area contributed by atoms with Crippen LogP contribution >= 0.6 is 11.8 Å². The third-order valence-corrected chi connectivity index (χ3v) is 4.98. The Balaban J connectivity index is 1.62. The molecule has 0 aromatic heterocycles. The largest absolute Gasteiger partial charge is 0.325 e. The second-order valence-corrected chi connectivity index (χ2v) is 7.06. The monoisotopic (exact) mass is 347 g/mol. The van der Waals surface area contributed by atoms with Crippen LogP contribution in [0.5, 0.6) is 0 Å². The molecule has 126 valence electrons. The Kier molecular flexibility index (Phi) is 5.91. The summed E-state index contributed by atoms with van der Waals surface area (Å²) in [5.41, 5.74) is 3.29. The molecule has 1 N–H and O–H groups in total. The van der Waals surface area contributed by atoms with Gasteiger partial charge in [-0.15, -0.1) is 0 Å². The molecule has 3 aromatic rings. The van der Waals surface area contributed by atoms with Crippen molar-refractivity contribution in [3.8, 4) is 0 Å². The molecule has 0 saturated heterocycles. The second kappa shape index (κ2) is 8.54. The van der Waals surface area contributed by atoms with Crippen molar-refractivity contribution in [2.24, 2.45) is 0 Å². The van der Waals surface area contributed by atoms with Gasteiger partial charge >= 0.3 is 0 Å². The summed E-state index contributed by atoms with van der Waals surface area (Å²) in [5, 5.41) is 3.05. The zero-order chi connectivity index (χ0) is 17.5. The van der Waals surface area contributed by atoms with E-state index >= 15 is 0 Å². The van der Waals surface area contributed by atoms with Crippen LogP contribution < -0.4 is 5.32 Å². The minimum Gasteiger partial charge on any atom is -0.325 e. The van der Waals surface area contributed by atoms with Gasteiger partial charge in [0.05, 0.1) is 5.69 Å². The molecule has 0 fully saturated rings. The Morgan fingerprint density at radius 2 is 1.56 bits per heavy atom. The zero-order valence-electron chi connectivity index (χ0n) is 14.2. The number of amides is 1. The fourth-order valence-electron chi connectivity index (χ4n) is 2.50. The fraction of sp³-hybridized carbons (Fsp3) is 0.136. The molecule has 0 radical (unpaired) electrons. The third kappa shape index (κ3) is 5.23. The zero-order valence-corrected chi connectivity index (χ0v) is 15.1. The van der Waals surface area contributed by atoms with Gasteiger partial charge in [0.15, 0.2) is 0 Å². The van der Waals surface area contributed by atoms with Gasteiger partial charge in [-0.3, -0.25) is 4.79 Å². The van der Waals surface area contributed by atoms with E-state index in [2.05, 4.69) is 48.6 Å². The van der Waals surface area contributed by atoms with Gasteiger partial charge in [0.1, 0.15) is 0 Å². The summed E-state index contributed by atoms with van der Waals surface area (Å²) >= 11 is 1.66. The maximum absolute atomic E-state index is 12.3.